The van der Waals surface area contributed by atoms with Crippen LogP contribution in [0.5, 0.6) is 0 Å². The minimum Gasteiger partial charge on any atom is -0.464 e. The molecule has 0 N–H and O–H groups in total. The molecule has 1 heterocycles. The molecule has 1 saturated heterocycles. The summed E-state index contributed by atoms with van der Waals surface area (Å²) in [6.45, 7) is 5.41. The van der Waals surface area contributed by atoms with Gasteiger partial charge in [-0.3, -0.25) is 0 Å². The third-order valence-corrected chi connectivity index (χ3v) is 1.99. The van der Waals surface area contributed by atoms with Crippen LogP contribution in [0.3, 0.4) is 0 Å². The van der Waals surface area contributed by atoms with E-state index in [0.717, 1.165) is 0 Å². The summed E-state index contributed by atoms with van der Waals surface area (Å²) in [5, 5.41) is 0. The second-order valence-corrected chi connectivity index (χ2v) is 3.19. The van der Waals surface area contributed by atoms with Crippen LogP contribution in [0.4, 0.5) is 0 Å². The molecule has 6 nitrogen and oxygen atoms in total. The quantitative estimate of drug-likeness (QED) is 0.647. The van der Waals surface area contributed by atoms with Gasteiger partial charge in [0.2, 0.25) is 0 Å². The van der Waals surface area contributed by atoms with Crippen molar-refractivity contribution in [2.45, 2.75) is 39.3 Å². The molecule has 6 heteroatoms. The molecule has 0 aliphatic carbocycles. The third-order valence-electron chi connectivity index (χ3n) is 1.99. The van der Waals surface area contributed by atoms with Crippen LogP contribution >= 0.6 is 0 Å². The Balaban J connectivity index is 2.66. The van der Waals surface area contributed by atoms with E-state index in [2.05, 4.69) is 0 Å². The lowest BCUT2D eigenvalue weighted by atomic mass is 10.2. The average molecular weight is 232 g/mol. The maximum atomic E-state index is 11.5. The summed E-state index contributed by atoms with van der Waals surface area (Å²) in [5.41, 5.74) is 0. The zero-order valence-corrected chi connectivity index (χ0v) is 9.60. The van der Waals surface area contributed by atoms with Gasteiger partial charge in [-0.2, -0.15) is 0 Å². The first kappa shape index (κ1) is 12.9. The molecule has 0 aromatic carbocycles. The van der Waals surface area contributed by atoms with Crippen molar-refractivity contribution in [1.29, 1.82) is 0 Å². The van der Waals surface area contributed by atoms with E-state index in [1.807, 2.05) is 0 Å². The summed E-state index contributed by atoms with van der Waals surface area (Å²) in [5.74, 6) is -1.21. The largest absolute Gasteiger partial charge is 0.464 e. The lowest BCUT2D eigenvalue weighted by molar-refractivity contribution is -0.163. The van der Waals surface area contributed by atoms with Crippen molar-refractivity contribution < 1.29 is 28.5 Å². The molecule has 0 saturated carbocycles. The molecule has 1 fully saturated rings. The molecule has 0 amide bonds. The van der Waals surface area contributed by atoms with E-state index in [4.69, 9.17) is 18.9 Å². The van der Waals surface area contributed by atoms with Gasteiger partial charge < -0.3 is 18.9 Å². The average Bonchev–Trinajstić information content (AvgIpc) is 2.61. The first-order valence-corrected chi connectivity index (χ1v) is 5.24. The van der Waals surface area contributed by atoms with Gasteiger partial charge in [0.15, 0.2) is 18.5 Å². The van der Waals surface area contributed by atoms with Gasteiger partial charge in [-0.15, -0.1) is 0 Å². The fourth-order valence-electron chi connectivity index (χ4n) is 1.39. The van der Waals surface area contributed by atoms with Crippen LogP contribution in [-0.4, -0.2) is 43.7 Å². The van der Waals surface area contributed by atoms with Crippen molar-refractivity contribution in [3.05, 3.63) is 0 Å². The molecule has 0 aromatic heterocycles. The van der Waals surface area contributed by atoms with Crippen molar-refractivity contribution in [2.24, 2.45) is 0 Å². The predicted octanol–water partition coefficient (Wildman–Crippen LogP) is 0.243. The van der Waals surface area contributed by atoms with Crippen LogP contribution in [0.2, 0.25) is 0 Å². The number of carbonyl (C=O) groups is 2. The topological polar surface area (TPSA) is 71.1 Å². The molecule has 0 aromatic rings. The molecular formula is C10H16O6. The Hall–Kier alpha value is -1.14. The van der Waals surface area contributed by atoms with E-state index in [-0.39, 0.29) is 13.2 Å². The lowest BCUT2D eigenvalue weighted by Crippen LogP contribution is -2.39. The molecule has 1 rings (SSSR count). The number of carbonyl (C=O) groups excluding carboxylic acids is 2. The molecule has 92 valence electrons. The van der Waals surface area contributed by atoms with Crippen LogP contribution in [-0.2, 0) is 28.5 Å². The highest BCUT2D eigenvalue weighted by molar-refractivity contribution is 5.86. The molecule has 2 atom stereocenters. The zero-order valence-electron chi connectivity index (χ0n) is 9.60. The normalized spacial score (nSPS) is 25.4. The highest BCUT2D eigenvalue weighted by atomic mass is 16.8. The van der Waals surface area contributed by atoms with Crippen LogP contribution in [0.1, 0.15) is 20.8 Å². The van der Waals surface area contributed by atoms with Gasteiger partial charge in [-0.05, 0) is 20.8 Å². The van der Waals surface area contributed by atoms with E-state index in [1.165, 1.54) is 0 Å². The first-order valence-electron chi connectivity index (χ1n) is 5.24. The van der Waals surface area contributed by atoms with E-state index in [0.29, 0.717) is 0 Å². The number of rotatable bonds is 4. The molecule has 0 unspecified atom stereocenters. The van der Waals surface area contributed by atoms with Gasteiger partial charge in [0.25, 0.3) is 0 Å². The summed E-state index contributed by atoms with van der Waals surface area (Å²) >= 11 is 0. The van der Waals surface area contributed by atoms with Gasteiger partial charge in [-0.25, -0.2) is 9.59 Å². The van der Waals surface area contributed by atoms with Crippen molar-refractivity contribution >= 4 is 11.9 Å². The molecule has 0 radical (unpaired) electrons. The monoisotopic (exact) mass is 232 g/mol. The minimum atomic E-state index is -1.03. The van der Waals surface area contributed by atoms with Gasteiger partial charge in [-0.1, -0.05) is 0 Å². The lowest BCUT2D eigenvalue weighted by Gasteiger charge is -2.13. The Bertz CT molecular complexity index is 238. The summed E-state index contributed by atoms with van der Waals surface area (Å²) in [4.78, 5) is 22.9. The van der Waals surface area contributed by atoms with Crippen molar-refractivity contribution in [3.63, 3.8) is 0 Å². The minimum absolute atomic E-state index is 0.225. The maximum absolute atomic E-state index is 11.5. The third kappa shape index (κ3) is 2.93. The highest BCUT2D eigenvalue weighted by Crippen LogP contribution is 2.21. The van der Waals surface area contributed by atoms with Crippen LogP contribution in [0, 0.1) is 0 Å². The Morgan fingerprint density at radius 1 is 1.00 bits per heavy atom. The maximum Gasteiger partial charge on any atom is 0.338 e. The molecule has 0 spiro atoms. The number of hydrogen-bond donors (Lipinski definition) is 0. The van der Waals surface area contributed by atoms with Gasteiger partial charge in [0, 0.05) is 0 Å². The van der Waals surface area contributed by atoms with E-state index < -0.39 is 30.4 Å². The predicted molar refractivity (Wildman–Crippen MR) is 52.5 cm³/mol. The zero-order chi connectivity index (χ0) is 12.1. The van der Waals surface area contributed by atoms with Gasteiger partial charge in [0.05, 0.1) is 13.2 Å². The number of esters is 2. The van der Waals surface area contributed by atoms with Crippen LogP contribution < -0.4 is 0 Å². The molecule has 1 aliphatic heterocycles. The summed E-state index contributed by atoms with van der Waals surface area (Å²) in [6, 6.07) is 0. The van der Waals surface area contributed by atoms with Gasteiger partial charge in [0.1, 0.15) is 0 Å². The fraction of sp³-hybridized carbons (Fsp3) is 0.800. The standard InChI is InChI=1S/C10H16O6/c1-4-13-9(11)7-8(10(12)14-5-2)16-6(3)15-7/h6-8H,4-5H2,1-3H3/t7-,8-/m1/s1. The Labute approximate surface area is 93.8 Å². The summed E-state index contributed by atoms with van der Waals surface area (Å²) in [6.07, 6.45) is -2.69. The summed E-state index contributed by atoms with van der Waals surface area (Å²) in [7, 11) is 0. The van der Waals surface area contributed by atoms with Crippen LogP contribution in [0.25, 0.3) is 0 Å². The number of ether oxygens (including phenoxy) is 4. The molecular weight excluding hydrogens is 216 g/mol. The molecule has 16 heavy (non-hydrogen) atoms. The second-order valence-electron chi connectivity index (χ2n) is 3.19. The van der Waals surface area contributed by atoms with Crippen molar-refractivity contribution in [3.8, 4) is 0 Å². The smallest absolute Gasteiger partial charge is 0.338 e. The van der Waals surface area contributed by atoms with E-state index in [9.17, 15) is 9.59 Å². The second kappa shape index (κ2) is 5.81. The van der Waals surface area contributed by atoms with Crippen LogP contribution in [0.15, 0.2) is 0 Å². The Morgan fingerprint density at radius 2 is 1.38 bits per heavy atom. The van der Waals surface area contributed by atoms with Crippen molar-refractivity contribution in [2.75, 3.05) is 13.2 Å². The summed E-state index contributed by atoms with van der Waals surface area (Å²) < 4.78 is 19.9. The fourth-order valence-corrected chi connectivity index (χ4v) is 1.39. The Morgan fingerprint density at radius 3 is 1.69 bits per heavy atom. The van der Waals surface area contributed by atoms with E-state index in [1.54, 1.807) is 20.8 Å². The number of hydrogen-bond acceptors (Lipinski definition) is 6. The first-order chi connectivity index (χ1) is 7.60. The molecule has 0 bridgehead atoms. The van der Waals surface area contributed by atoms with Gasteiger partial charge >= 0.3 is 11.9 Å². The molecule has 1 aliphatic rings. The Kier molecular flexibility index (Phi) is 4.70. The SMILES string of the molecule is CCOC(=O)[C@@H]1OC(C)O[C@H]1C(=O)OCC. The van der Waals surface area contributed by atoms with Crippen molar-refractivity contribution in [1.82, 2.24) is 0 Å². The highest BCUT2D eigenvalue weighted by Gasteiger charge is 2.45. The van der Waals surface area contributed by atoms with E-state index >= 15 is 0 Å².